The molecule has 0 spiro atoms. The van der Waals surface area contributed by atoms with E-state index in [0.717, 1.165) is 48.0 Å². The average molecular weight is 532 g/mol. The van der Waals surface area contributed by atoms with Gasteiger partial charge in [0.15, 0.2) is 0 Å². The highest BCUT2D eigenvalue weighted by atomic mass is 35.5. The first-order valence-electron chi connectivity index (χ1n) is 13.2. The third kappa shape index (κ3) is 5.42. The Bertz CT molecular complexity index is 1510. The van der Waals surface area contributed by atoms with E-state index in [1.54, 1.807) is 18.6 Å². The summed E-state index contributed by atoms with van der Waals surface area (Å²) in [7, 11) is 4.29. The number of rotatable bonds is 7. The lowest BCUT2D eigenvalue weighted by Gasteiger charge is -2.33. The van der Waals surface area contributed by atoms with E-state index in [2.05, 4.69) is 39.3 Å². The SMILES string of the molecule is CCNc1ncc2cc(-c3ccc(-c4cncc(C)n4)cc3Cl)c(=O)n(C[C@H]3CC[C@H](N(C)C)CC3)c2n1. The summed E-state index contributed by atoms with van der Waals surface area (Å²) >= 11 is 6.79. The smallest absolute Gasteiger partial charge is 0.260 e. The van der Waals surface area contributed by atoms with Crippen LogP contribution in [-0.2, 0) is 6.54 Å². The van der Waals surface area contributed by atoms with Crippen molar-refractivity contribution in [3.8, 4) is 22.4 Å². The first kappa shape index (κ1) is 26.3. The van der Waals surface area contributed by atoms with Crippen molar-refractivity contribution >= 4 is 28.6 Å². The Labute approximate surface area is 228 Å². The molecule has 1 aliphatic rings. The van der Waals surface area contributed by atoms with Crippen LogP contribution in [0.2, 0.25) is 5.02 Å². The van der Waals surface area contributed by atoms with E-state index in [1.165, 1.54) is 0 Å². The second kappa shape index (κ2) is 11.2. The molecule has 0 aliphatic heterocycles. The molecule has 1 fully saturated rings. The number of halogens is 1. The van der Waals surface area contributed by atoms with Gasteiger partial charge in [-0.25, -0.2) is 9.97 Å². The molecule has 3 aromatic heterocycles. The summed E-state index contributed by atoms with van der Waals surface area (Å²) in [5.41, 5.74) is 4.23. The van der Waals surface area contributed by atoms with Gasteiger partial charge in [-0.1, -0.05) is 23.7 Å². The molecule has 5 rings (SSSR count). The Morgan fingerprint density at radius 3 is 2.53 bits per heavy atom. The van der Waals surface area contributed by atoms with E-state index >= 15 is 0 Å². The summed E-state index contributed by atoms with van der Waals surface area (Å²) in [6.07, 6.45) is 9.65. The maximum atomic E-state index is 14.0. The van der Waals surface area contributed by atoms with Crippen molar-refractivity contribution in [2.24, 2.45) is 5.92 Å². The average Bonchev–Trinajstić information content (AvgIpc) is 2.91. The second-order valence-electron chi connectivity index (χ2n) is 10.4. The van der Waals surface area contributed by atoms with Crippen LogP contribution in [0.1, 0.15) is 38.3 Å². The van der Waals surface area contributed by atoms with Gasteiger partial charge in [-0.05, 0) is 71.7 Å². The summed E-state index contributed by atoms with van der Waals surface area (Å²) < 4.78 is 1.84. The number of nitrogens with one attached hydrogen (secondary N) is 1. The topological polar surface area (TPSA) is 88.8 Å². The van der Waals surface area contributed by atoms with Crippen molar-refractivity contribution in [3.63, 3.8) is 0 Å². The molecule has 0 amide bonds. The van der Waals surface area contributed by atoms with Gasteiger partial charge in [0.1, 0.15) is 5.65 Å². The molecule has 1 aliphatic carbocycles. The third-order valence-electron chi connectivity index (χ3n) is 7.46. The zero-order valence-corrected chi connectivity index (χ0v) is 23.2. The predicted molar refractivity (Wildman–Crippen MR) is 154 cm³/mol. The lowest BCUT2D eigenvalue weighted by molar-refractivity contribution is 0.184. The number of pyridine rings is 1. The van der Waals surface area contributed by atoms with Crippen molar-refractivity contribution in [1.29, 1.82) is 0 Å². The zero-order valence-electron chi connectivity index (χ0n) is 22.4. The van der Waals surface area contributed by atoms with Gasteiger partial charge in [0.25, 0.3) is 5.56 Å². The molecule has 1 aromatic carbocycles. The third-order valence-corrected chi connectivity index (χ3v) is 7.77. The van der Waals surface area contributed by atoms with Gasteiger partial charge < -0.3 is 10.2 Å². The summed E-state index contributed by atoms with van der Waals surface area (Å²) in [6.45, 7) is 5.23. The molecule has 4 aromatic rings. The summed E-state index contributed by atoms with van der Waals surface area (Å²) in [4.78, 5) is 34.4. The Balaban J connectivity index is 1.57. The highest BCUT2D eigenvalue weighted by Crippen LogP contribution is 2.33. The zero-order chi connectivity index (χ0) is 26.8. The summed E-state index contributed by atoms with van der Waals surface area (Å²) in [5, 5.41) is 4.48. The van der Waals surface area contributed by atoms with Gasteiger partial charge in [0.05, 0.1) is 17.6 Å². The molecule has 0 saturated heterocycles. The highest BCUT2D eigenvalue weighted by molar-refractivity contribution is 6.33. The van der Waals surface area contributed by atoms with E-state index in [9.17, 15) is 4.79 Å². The Morgan fingerprint density at radius 1 is 1.05 bits per heavy atom. The molecule has 0 radical (unpaired) electrons. The van der Waals surface area contributed by atoms with Crippen LogP contribution in [0.3, 0.4) is 0 Å². The number of aryl methyl sites for hydroxylation is 1. The molecular weight excluding hydrogens is 498 g/mol. The molecule has 198 valence electrons. The van der Waals surface area contributed by atoms with Crippen LogP contribution in [0.4, 0.5) is 5.95 Å². The minimum absolute atomic E-state index is 0.0848. The van der Waals surface area contributed by atoms with Crippen molar-refractivity contribution < 1.29 is 0 Å². The molecule has 38 heavy (non-hydrogen) atoms. The van der Waals surface area contributed by atoms with Crippen LogP contribution < -0.4 is 10.9 Å². The standard InChI is InChI=1S/C29H34ClN7O/c1-5-32-29-33-15-21-12-24(23-11-8-20(13-25(23)30)26-16-31-14-18(2)34-26)28(38)37(27(21)35-29)17-19-6-9-22(10-7-19)36(3)4/h8,11-16,19,22H,5-7,9-10,17H2,1-4H3,(H,32,33,35)/t19-,22-. The molecule has 0 bridgehead atoms. The fourth-order valence-electron chi connectivity index (χ4n) is 5.36. The van der Waals surface area contributed by atoms with Crippen molar-refractivity contribution in [2.45, 2.75) is 52.1 Å². The number of fused-ring (bicyclic) bond motifs is 1. The predicted octanol–water partition coefficient (Wildman–Crippen LogP) is 5.43. The lowest BCUT2D eigenvalue weighted by Crippen LogP contribution is -2.34. The second-order valence-corrected chi connectivity index (χ2v) is 10.8. The minimum atomic E-state index is -0.0848. The number of hydrogen-bond acceptors (Lipinski definition) is 7. The van der Waals surface area contributed by atoms with E-state index in [0.29, 0.717) is 52.8 Å². The number of hydrogen-bond donors (Lipinski definition) is 1. The van der Waals surface area contributed by atoms with Gasteiger partial charge in [-0.2, -0.15) is 4.98 Å². The minimum Gasteiger partial charge on any atom is -0.354 e. The van der Waals surface area contributed by atoms with Gasteiger partial charge in [0.2, 0.25) is 5.95 Å². The largest absolute Gasteiger partial charge is 0.354 e. The van der Waals surface area contributed by atoms with E-state index in [1.807, 2.05) is 42.7 Å². The summed E-state index contributed by atoms with van der Waals surface area (Å²) in [6, 6.07) is 8.14. The maximum absolute atomic E-state index is 14.0. The fraction of sp³-hybridized carbons (Fsp3) is 0.414. The normalized spacial score (nSPS) is 17.7. The van der Waals surface area contributed by atoms with Crippen LogP contribution in [0.5, 0.6) is 0 Å². The summed E-state index contributed by atoms with van der Waals surface area (Å²) in [5.74, 6) is 0.941. The molecular formula is C29H34ClN7O. The molecule has 3 heterocycles. The van der Waals surface area contributed by atoms with Gasteiger partial charge in [-0.3, -0.25) is 14.3 Å². The molecule has 0 unspecified atom stereocenters. The molecule has 1 N–H and O–H groups in total. The van der Waals surface area contributed by atoms with Crippen LogP contribution in [0, 0.1) is 12.8 Å². The monoisotopic (exact) mass is 531 g/mol. The van der Waals surface area contributed by atoms with Crippen LogP contribution in [0.15, 0.2) is 47.7 Å². The van der Waals surface area contributed by atoms with Crippen LogP contribution in [-0.4, -0.2) is 56.1 Å². The number of anilines is 1. The molecule has 9 heteroatoms. The van der Waals surface area contributed by atoms with Gasteiger partial charge >= 0.3 is 0 Å². The number of nitrogens with zero attached hydrogens (tertiary/aromatic N) is 6. The molecule has 1 saturated carbocycles. The molecule has 8 nitrogen and oxygen atoms in total. The van der Waals surface area contributed by atoms with Crippen LogP contribution >= 0.6 is 11.6 Å². The maximum Gasteiger partial charge on any atom is 0.260 e. The van der Waals surface area contributed by atoms with Crippen molar-refractivity contribution in [2.75, 3.05) is 26.0 Å². The first-order chi connectivity index (χ1) is 18.3. The van der Waals surface area contributed by atoms with E-state index < -0.39 is 0 Å². The Hall–Kier alpha value is -3.36. The number of benzene rings is 1. The molecule has 0 atom stereocenters. The Kier molecular flexibility index (Phi) is 7.72. The Morgan fingerprint density at radius 2 is 1.84 bits per heavy atom. The first-order valence-corrected chi connectivity index (χ1v) is 13.6. The van der Waals surface area contributed by atoms with Gasteiger partial charge in [0, 0.05) is 58.6 Å². The highest BCUT2D eigenvalue weighted by Gasteiger charge is 2.25. The van der Waals surface area contributed by atoms with Crippen LogP contribution in [0.25, 0.3) is 33.4 Å². The van der Waals surface area contributed by atoms with Crippen molar-refractivity contribution in [3.05, 3.63) is 63.9 Å². The number of aromatic nitrogens is 5. The lowest BCUT2D eigenvalue weighted by atomic mass is 9.85. The fourth-order valence-corrected chi connectivity index (χ4v) is 5.64. The van der Waals surface area contributed by atoms with Crippen molar-refractivity contribution in [1.82, 2.24) is 29.4 Å². The quantitative estimate of drug-likeness (QED) is 0.340. The van der Waals surface area contributed by atoms with E-state index in [-0.39, 0.29) is 5.56 Å². The van der Waals surface area contributed by atoms with E-state index in [4.69, 9.17) is 16.6 Å². The van der Waals surface area contributed by atoms with Gasteiger partial charge in [-0.15, -0.1) is 0 Å².